The molecule has 0 aliphatic carbocycles. The van der Waals surface area contributed by atoms with Crippen molar-refractivity contribution in [2.75, 3.05) is 7.11 Å². The summed E-state index contributed by atoms with van der Waals surface area (Å²) in [6.45, 7) is 10.1. The molecule has 0 N–H and O–H groups in total. The third-order valence-electron chi connectivity index (χ3n) is 5.91. The molecule has 0 saturated carbocycles. The Balaban J connectivity index is 1.76. The molecule has 0 spiro atoms. The Hall–Kier alpha value is -3.13. The monoisotopic (exact) mass is 627 g/mol. The average Bonchev–Trinajstić information content (AvgIpc) is 2.89. The molecule has 6 nitrogen and oxygen atoms in total. The second kappa shape index (κ2) is 11.9. The highest BCUT2D eigenvalue weighted by Gasteiger charge is 2.23. The predicted octanol–water partition coefficient (Wildman–Crippen LogP) is 7.96. The number of aromatic nitrogens is 2. The van der Waals surface area contributed by atoms with E-state index in [0.717, 1.165) is 21.2 Å². The van der Waals surface area contributed by atoms with E-state index in [1.54, 1.807) is 37.6 Å². The van der Waals surface area contributed by atoms with Crippen molar-refractivity contribution in [3.05, 3.63) is 109 Å². The summed E-state index contributed by atoms with van der Waals surface area (Å²) in [6.07, 6.45) is 3.95. The lowest BCUT2D eigenvalue weighted by atomic mass is 9.95. The van der Waals surface area contributed by atoms with Gasteiger partial charge in [0.25, 0.3) is 5.56 Å². The molecule has 1 aromatic heterocycles. The first-order valence-electron chi connectivity index (χ1n) is 12.2. The van der Waals surface area contributed by atoms with Gasteiger partial charge in [-0.15, -0.1) is 6.58 Å². The highest BCUT2D eigenvalue weighted by Crippen LogP contribution is 2.34. The van der Waals surface area contributed by atoms with E-state index >= 15 is 0 Å². The number of hydrogen-bond donors (Lipinski definition) is 0. The number of rotatable bonds is 8. The number of benzene rings is 3. The third-order valence-corrected chi connectivity index (χ3v) is 7.14. The van der Waals surface area contributed by atoms with Crippen molar-refractivity contribution in [2.45, 2.75) is 39.2 Å². The summed E-state index contributed by atoms with van der Waals surface area (Å²) in [7, 11) is 1.58. The van der Waals surface area contributed by atoms with Gasteiger partial charge in [-0.3, -0.25) is 4.79 Å². The fraction of sp³-hybridized carbons (Fsp3) is 0.233. The van der Waals surface area contributed by atoms with Crippen molar-refractivity contribution in [3.8, 4) is 11.5 Å². The summed E-state index contributed by atoms with van der Waals surface area (Å²) >= 11 is 15.6. The van der Waals surface area contributed by atoms with Crippen LogP contribution in [0.1, 0.15) is 43.3 Å². The minimum absolute atomic E-state index is 0.248. The number of hydrogen-bond acceptors (Lipinski definition) is 5. The van der Waals surface area contributed by atoms with Gasteiger partial charge in [-0.2, -0.15) is 9.78 Å². The van der Waals surface area contributed by atoms with Crippen LogP contribution in [0.15, 0.2) is 75.6 Å². The highest BCUT2D eigenvalue weighted by atomic mass is 79.9. The number of methoxy groups -OCH3 is 1. The van der Waals surface area contributed by atoms with Crippen LogP contribution in [0.5, 0.6) is 11.5 Å². The number of halogens is 3. The molecule has 0 bridgehead atoms. The molecule has 202 valence electrons. The van der Waals surface area contributed by atoms with Crippen LogP contribution in [-0.4, -0.2) is 23.0 Å². The van der Waals surface area contributed by atoms with E-state index in [2.05, 4.69) is 27.6 Å². The van der Waals surface area contributed by atoms with Gasteiger partial charge in [-0.05, 0) is 60.0 Å². The lowest BCUT2D eigenvalue weighted by Crippen LogP contribution is -2.29. The quantitative estimate of drug-likeness (QED) is 0.147. The van der Waals surface area contributed by atoms with E-state index in [0.29, 0.717) is 44.7 Å². The molecule has 4 aromatic rings. The molecule has 0 saturated heterocycles. The molecule has 0 aliphatic heterocycles. The highest BCUT2D eigenvalue weighted by molar-refractivity contribution is 9.10. The summed E-state index contributed by atoms with van der Waals surface area (Å²) in [5, 5.41) is 6.01. The first-order chi connectivity index (χ1) is 18.5. The number of nitrogens with zero attached hydrogens (tertiary/aromatic N) is 3. The van der Waals surface area contributed by atoms with Crippen LogP contribution < -0.4 is 15.0 Å². The largest absolute Gasteiger partial charge is 0.493 e. The Morgan fingerprint density at radius 3 is 2.54 bits per heavy atom. The number of ether oxygens (including phenoxy) is 2. The van der Waals surface area contributed by atoms with E-state index in [4.69, 9.17) is 37.7 Å². The van der Waals surface area contributed by atoms with Gasteiger partial charge in [0.15, 0.2) is 11.5 Å². The van der Waals surface area contributed by atoms with Crippen LogP contribution in [0.25, 0.3) is 10.9 Å². The normalized spacial score (nSPS) is 11.8. The van der Waals surface area contributed by atoms with Gasteiger partial charge in [0, 0.05) is 15.5 Å². The maximum absolute atomic E-state index is 13.5. The molecule has 0 unspecified atom stereocenters. The standard InChI is InChI=1S/C30H28BrCl2N3O3/c1-6-7-20-12-19(14-26(38-5)27(20)39-17-18-8-10-23(32)24(33)13-18)16-34-36-28(37)22-15-21(31)9-11-25(22)35-29(36)30(2,3)4/h6,8-16H,1,7,17H2,2-5H3. The van der Waals surface area contributed by atoms with Crippen molar-refractivity contribution in [3.63, 3.8) is 0 Å². The summed E-state index contributed by atoms with van der Waals surface area (Å²) in [5.74, 6) is 1.67. The van der Waals surface area contributed by atoms with E-state index in [-0.39, 0.29) is 12.2 Å². The minimum Gasteiger partial charge on any atom is -0.493 e. The Kier molecular flexibility index (Phi) is 8.84. The van der Waals surface area contributed by atoms with Gasteiger partial charge in [-0.25, -0.2) is 4.98 Å². The third kappa shape index (κ3) is 6.55. The van der Waals surface area contributed by atoms with Crippen molar-refractivity contribution >= 4 is 56.2 Å². The van der Waals surface area contributed by atoms with Gasteiger partial charge in [0.1, 0.15) is 12.4 Å². The maximum atomic E-state index is 13.5. The molecular formula is C30H28BrCl2N3O3. The zero-order chi connectivity index (χ0) is 28.3. The first-order valence-corrected chi connectivity index (χ1v) is 13.7. The van der Waals surface area contributed by atoms with Crippen LogP contribution in [0.2, 0.25) is 10.0 Å². The predicted molar refractivity (Wildman–Crippen MR) is 163 cm³/mol. The molecule has 39 heavy (non-hydrogen) atoms. The summed E-state index contributed by atoms with van der Waals surface area (Å²) in [4.78, 5) is 18.3. The first kappa shape index (κ1) is 28.9. The topological polar surface area (TPSA) is 65.7 Å². The molecular weight excluding hydrogens is 601 g/mol. The lowest BCUT2D eigenvalue weighted by Gasteiger charge is -2.21. The number of fused-ring (bicyclic) bond motifs is 1. The van der Waals surface area contributed by atoms with Crippen LogP contribution in [-0.2, 0) is 18.4 Å². The molecule has 0 amide bonds. The molecule has 0 radical (unpaired) electrons. The van der Waals surface area contributed by atoms with Crippen molar-refractivity contribution in [1.29, 1.82) is 0 Å². The maximum Gasteiger partial charge on any atom is 0.282 e. The van der Waals surface area contributed by atoms with Crippen molar-refractivity contribution in [1.82, 2.24) is 9.66 Å². The van der Waals surface area contributed by atoms with Gasteiger partial charge in [-0.1, -0.05) is 72.0 Å². The Morgan fingerprint density at radius 1 is 1.10 bits per heavy atom. The van der Waals surface area contributed by atoms with Crippen molar-refractivity contribution < 1.29 is 9.47 Å². The SMILES string of the molecule is C=CCc1cc(C=Nn2c(C(C)(C)C)nc3ccc(Br)cc3c2=O)cc(OC)c1OCc1ccc(Cl)c(Cl)c1. The van der Waals surface area contributed by atoms with Gasteiger partial charge < -0.3 is 9.47 Å². The fourth-order valence-electron chi connectivity index (χ4n) is 4.03. The van der Waals surface area contributed by atoms with E-state index in [1.165, 1.54) is 4.68 Å². The Morgan fingerprint density at radius 2 is 1.87 bits per heavy atom. The molecule has 9 heteroatoms. The van der Waals surface area contributed by atoms with Gasteiger partial charge in [0.05, 0.1) is 34.3 Å². The van der Waals surface area contributed by atoms with E-state index in [1.807, 2.05) is 51.1 Å². The van der Waals surface area contributed by atoms with Crippen molar-refractivity contribution in [2.24, 2.45) is 5.10 Å². The van der Waals surface area contributed by atoms with Crippen LogP contribution >= 0.6 is 39.1 Å². The Labute approximate surface area is 246 Å². The Bertz CT molecular complexity index is 1640. The zero-order valence-corrected chi connectivity index (χ0v) is 25.2. The molecule has 0 fully saturated rings. The molecule has 0 aliphatic rings. The van der Waals surface area contributed by atoms with E-state index < -0.39 is 5.41 Å². The summed E-state index contributed by atoms with van der Waals surface area (Å²) < 4.78 is 14.0. The van der Waals surface area contributed by atoms with Crippen LogP contribution in [0.3, 0.4) is 0 Å². The fourth-order valence-corrected chi connectivity index (χ4v) is 4.71. The van der Waals surface area contributed by atoms with E-state index in [9.17, 15) is 4.79 Å². The van der Waals surface area contributed by atoms with Gasteiger partial charge in [0.2, 0.25) is 0 Å². The second-order valence-electron chi connectivity index (χ2n) is 9.95. The average molecular weight is 629 g/mol. The summed E-state index contributed by atoms with van der Waals surface area (Å²) in [6, 6.07) is 14.6. The molecule has 0 atom stereocenters. The summed E-state index contributed by atoms with van der Waals surface area (Å²) in [5.41, 5.74) is 2.40. The molecule has 4 rings (SSSR count). The van der Waals surface area contributed by atoms with Crippen LogP contribution in [0, 0.1) is 0 Å². The lowest BCUT2D eigenvalue weighted by molar-refractivity contribution is 0.282. The zero-order valence-electron chi connectivity index (χ0n) is 22.1. The molecule has 1 heterocycles. The second-order valence-corrected chi connectivity index (χ2v) is 11.7. The van der Waals surface area contributed by atoms with Gasteiger partial charge >= 0.3 is 0 Å². The number of allylic oxidation sites excluding steroid dienone is 1. The smallest absolute Gasteiger partial charge is 0.282 e. The molecule has 3 aromatic carbocycles. The minimum atomic E-state index is -0.425. The van der Waals surface area contributed by atoms with Crippen LogP contribution in [0.4, 0.5) is 0 Å².